The fraction of sp³-hybridized carbons (Fsp3) is 0.312. The molecule has 0 aliphatic carbocycles. The third kappa shape index (κ3) is 5.10. The summed E-state index contributed by atoms with van der Waals surface area (Å²) in [4.78, 5) is 0. The van der Waals surface area contributed by atoms with Crippen molar-refractivity contribution < 1.29 is 10.2 Å². The molecule has 3 aromatic carbocycles. The highest BCUT2D eigenvalue weighted by molar-refractivity contribution is 5.54. The molecular weight excluding hydrogens is 416 g/mol. The molecule has 0 aliphatic rings. The smallest absolute Gasteiger partial charge is 0.177 e. The summed E-state index contributed by atoms with van der Waals surface area (Å²) in [5.41, 5.74) is -0.759. The van der Waals surface area contributed by atoms with Crippen LogP contribution in [0.5, 0.6) is 0 Å². The van der Waals surface area contributed by atoms with Crippen LogP contribution in [0.1, 0.15) is 63.8 Å². The Morgan fingerprint density at radius 2 is 0.853 bits per heavy atom. The third-order valence-corrected chi connectivity index (χ3v) is 6.24. The Hall–Kier alpha value is -3.30. The van der Waals surface area contributed by atoms with Crippen molar-refractivity contribution in [2.24, 2.45) is 10.8 Å². The molecule has 0 unspecified atom stereocenters. The second-order valence-corrected chi connectivity index (χ2v) is 10.7. The van der Waals surface area contributed by atoms with Gasteiger partial charge < -0.3 is 10.2 Å². The Labute approximate surface area is 204 Å². The first kappa shape index (κ1) is 25.3. The average Bonchev–Trinajstić information content (AvgIpc) is 2.81. The van der Waals surface area contributed by atoms with Crippen molar-refractivity contribution in [2.45, 2.75) is 52.7 Å². The Bertz CT molecular complexity index is 1180. The van der Waals surface area contributed by atoms with E-state index >= 15 is 0 Å². The highest BCUT2D eigenvalue weighted by Crippen LogP contribution is 2.43. The van der Waals surface area contributed by atoms with E-state index in [1.807, 2.05) is 126 Å². The van der Waals surface area contributed by atoms with Gasteiger partial charge >= 0.3 is 0 Å². The zero-order chi connectivity index (χ0) is 25.0. The fourth-order valence-corrected chi connectivity index (χ4v) is 4.19. The van der Waals surface area contributed by atoms with Crippen LogP contribution in [0.4, 0.5) is 0 Å². The van der Waals surface area contributed by atoms with Gasteiger partial charge in [-0.15, -0.1) is 0 Å². The highest BCUT2D eigenvalue weighted by Gasteiger charge is 2.48. The van der Waals surface area contributed by atoms with Crippen LogP contribution in [0, 0.1) is 34.5 Å². The van der Waals surface area contributed by atoms with E-state index in [0.29, 0.717) is 22.3 Å². The Kier molecular flexibility index (Phi) is 7.09. The molecule has 0 atom stereocenters. The lowest BCUT2D eigenvalue weighted by molar-refractivity contribution is -0.0875. The summed E-state index contributed by atoms with van der Waals surface area (Å²) >= 11 is 0. The summed E-state index contributed by atoms with van der Waals surface area (Å²) in [6.45, 7) is 12.0. The van der Waals surface area contributed by atoms with E-state index in [-0.39, 0.29) is 0 Å². The minimum atomic E-state index is -1.47. The fourth-order valence-electron chi connectivity index (χ4n) is 4.19. The first-order valence-electron chi connectivity index (χ1n) is 11.6. The first-order valence-corrected chi connectivity index (χ1v) is 11.6. The minimum absolute atomic E-state index is 0.445. The molecule has 0 bridgehead atoms. The van der Waals surface area contributed by atoms with E-state index in [4.69, 9.17) is 0 Å². The molecule has 0 aliphatic heterocycles. The van der Waals surface area contributed by atoms with E-state index in [1.165, 1.54) is 0 Å². The van der Waals surface area contributed by atoms with E-state index in [1.54, 1.807) is 0 Å². The Morgan fingerprint density at radius 1 is 0.500 bits per heavy atom. The van der Waals surface area contributed by atoms with Gasteiger partial charge in [0.25, 0.3) is 0 Å². The van der Waals surface area contributed by atoms with Crippen molar-refractivity contribution in [1.82, 2.24) is 0 Å². The van der Waals surface area contributed by atoms with Gasteiger partial charge in [-0.2, -0.15) is 0 Å². The largest absolute Gasteiger partial charge is 0.376 e. The number of benzene rings is 3. The van der Waals surface area contributed by atoms with Crippen LogP contribution in [0.3, 0.4) is 0 Å². The quantitative estimate of drug-likeness (QED) is 0.460. The third-order valence-electron chi connectivity index (χ3n) is 6.24. The lowest BCUT2D eigenvalue weighted by Gasteiger charge is -2.45. The predicted octanol–water partition coefficient (Wildman–Crippen LogP) is 6.15. The molecule has 0 heterocycles. The summed E-state index contributed by atoms with van der Waals surface area (Å²) in [7, 11) is 0. The molecule has 0 spiro atoms. The van der Waals surface area contributed by atoms with E-state index in [0.717, 1.165) is 0 Å². The van der Waals surface area contributed by atoms with E-state index in [2.05, 4.69) is 23.7 Å². The Balaban J connectivity index is 2.13. The molecule has 2 heteroatoms. The van der Waals surface area contributed by atoms with Crippen molar-refractivity contribution in [3.05, 3.63) is 107 Å². The lowest BCUT2D eigenvalue weighted by atomic mass is 9.63. The van der Waals surface area contributed by atoms with Crippen molar-refractivity contribution in [3.63, 3.8) is 0 Å². The monoisotopic (exact) mass is 450 g/mol. The lowest BCUT2D eigenvalue weighted by Crippen LogP contribution is -2.52. The van der Waals surface area contributed by atoms with Gasteiger partial charge in [-0.25, -0.2) is 0 Å². The van der Waals surface area contributed by atoms with Crippen LogP contribution in [0.25, 0.3) is 0 Å². The molecular formula is C32H34O2. The zero-order valence-electron chi connectivity index (χ0n) is 21.0. The molecule has 0 amide bonds. The molecule has 0 fully saturated rings. The zero-order valence-corrected chi connectivity index (χ0v) is 21.0. The second kappa shape index (κ2) is 9.52. The van der Waals surface area contributed by atoms with E-state index in [9.17, 15) is 10.2 Å². The van der Waals surface area contributed by atoms with Crippen LogP contribution in [0.15, 0.2) is 84.9 Å². The topological polar surface area (TPSA) is 40.5 Å². The van der Waals surface area contributed by atoms with Crippen LogP contribution >= 0.6 is 0 Å². The molecule has 0 radical (unpaired) electrons. The van der Waals surface area contributed by atoms with Crippen LogP contribution in [0.2, 0.25) is 0 Å². The Morgan fingerprint density at radius 3 is 1.24 bits per heavy atom. The standard InChI is InChI=1S/C32H34O2/c1-29(2,3)32(34,30(4,5)6)24-22-26-16-14-13-15-25(26)21-23-31(33,27-17-9-7-10-18-27)28-19-11-8-12-20-28/h7-20,33-34H,1-6H3. The van der Waals surface area contributed by atoms with Crippen molar-refractivity contribution >= 4 is 0 Å². The van der Waals surface area contributed by atoms with Crippen LogP contribution in [-0.4, -0.2) is 15.8 Å². The highest BCUT2D eigenvalue weighted by atomic mass is 16.3. The minimum Gasteiger partial charge on any atom is -0.376 e. The molecule has 0 saturated heterocycles. The normalized spacial score (nSPS) is 12.2. The molecule has 0 aromatic heterocycles. The molecule has 2 N–H and O–H groups in total. The summed E-state index contributed by atoms with van der Waals surface area (Å²) in [6.07, 6.45) is 0. The predicted molar refractivity (Wildman–Crippen MR) is 140 cm³/mol. The number of rotatable bonds is 2. The van der Waals surface area contributed by atoms with Crippen molar-refractivity contribution in [2.75, 3.05) is 0 Å². The SMILES string of the molecule is CC(C)(C)C(O)(C#Cc1ccccc1C#CC(O)(c1ccccc1)c1ccccc1)C(C)(C)C. The summed E-state index contributed by atoms with van der Waals surface area (Å²) in [5.74, 6) is 12.7. The van der Waals surface area contributed by atoms with Gasteiger partial charge in [0.15, 0.2) is 5.60 Å². The van der Waals surface area contributed by atoms with E-state index < -0.39 is 22.0 Å². The number of aliphatic hydroxyl groups is 2. The maximum atomic E-state index is 11.7. The van der Waals surface area contributed by atoms with Crippen molar-refractivity contribution in [1.29, 1.82) is 0 Å². The van der Waals surface area contributed by atoms with Crippen LogP contribution < -0.4 is 0 Å². The summed E-state index contributed by atoms with van der Waals surface area (Å²) in [5, 5.41) is 23.3. The number of hydrogen-bond acceptors (Lipinski definition) is 2. The number of hydrogen-bond donors (Lipinski definition) is 2. The van der Waals surface area contributed by atoms with Gasteiger partial charge in [0.05, 0.1) is 0 Å². The van der Waals surface area contributed by atoms with Gasteiger partial charge in [-0.05, 0) is 12.1 Å². The molecule has 2 nitrogen and oxygen atoms in total. The summed E-state index contributed by atoms with van der Waals surface area (Å²) < 4.78 is 0. The van der Waals surface area contributed by atoms with Gasteiger partial charge in [0.1, 0.15) is 5.60 Å². The molecule has 34 heavy (non-hydrogen) atoms. The molecule has 3 aromatic rings. The maximum absolute atomic E-state index is 11.7. The average molecular weight is 451 g/mol. The van der Waals surface area contributed by atoms with Crippen LogP contribution in [-0.2, 0) is 5.60 Å². The van der Waals surface area contributed by atoms with Gasteiger partial charge in [-0.1, -0.05) is 138 Å². The molecule has 3 rings (SSSR count). The van der Waals surface area contributed by atoms with Gasteiger partial charge in [0.2, 0.25) is 0 Å². The van der Waals surface area contributed by atoms with Gasteiger partial charge in [-0.3, -0.25) is 0 Å². The molecule has 0 saturated carbocycles. The second-order valence-electron chi connectivity index (χ2n) is 10.7. The van der Waals surface area contributed by atoms with Crippen molar-refractivity contribution in [3.8, 4) is 23.7 Å². The first-order chi connectivity index (χ1) is 15.9. The summed E-state index contributed by atoms with van der Waals surface area (Å²) in [6, 6.07) is 26.5. The van der Waals surface area contributed by atoms with Gasteiger partial charge in [0, 0.05) is 33.1 Å². The molecule has 174 valence electrons. The maximum Gasteiger partial charge on any atom is 0.177 e.